The first-order valence-electron chi connectivity index (χ1n) is 12.8. The van der Waals surface area contributed by atoms with Crippen molar-refractivity contribution in [2.75, 3.05) is 0 Å². The van der Waals surface area contributed by atoms with Crippen LogP contribution in [0.1, 0.15) is 19.4 Å². The third-order valence-electron chi connectivity index (χ3n) is 7.33. The molecule has 36 heavy (non-hydrogen) atoms. The van der Waals surface area contributed by atoms with E-state index in [1.807, 2.05) is 0 Å². The summed E-state index contributed by atoms with van der Waals surface area (Å²) in [5, 5.41) is 5.17. The van der Waals surface area contributed by atoms with Gasteiger partial charge in [-0.2, -0.15) is 0 Å². The Balaban J connectivity index is 1.47. The largest absolute Gasteiger partial charge is 0.355 e. The number of rotatable bonds is 4. The van der Waals surface area contributed by atoms with Gasteiger partial charge in [-0.1, -0.05) is 68.4 Å². The lowest BCUT2D eigenvalue weighted by Crippen LogP contribution is -1.95. The van der Waals surface area contributed by atoms with Crippen molar-refractivity contribution in [3.05, 3.63) is 115 Å². The van der Waals surface area contributed by atoms with Gasteiger partial charge in [0, 0.05) is 38.3 Å². The second kappa shape index (κ2) is 8.13. The standard InChI is InChI=1S/C34H28N2/c1-22(2)18-23-12-16-33-29(19-23)30-21-25(14-17-34(30)36(33)26-8-4-3-5-9-26)24-13-15-32-28(20-24)27-10-6-7-11-31(27)35-32/h3-17,19-22,35H,18H2,1-2H3. The van der Waals surface area contributed by atoms with E-state index < -0.39 is 0 Å². The molecule has 1 N–H and O–H groups in total. The second-order valence-electron chi connectivity index (χ2n) is 10.3. The van der Waals surface area contributed by atoms with Crippen LogP contribution in [0.2, 0.25) is 0 Å². The molecule has 0 bridgehead atoms. The van der Waals surface area contributed by atoms with Crippen LogP contribution in [-0.4, -0.2) is 9.55 Å². The molecule has 0 fully saturated rings. The van der Waals surface area contributed by atoms with Gasteiger partial charge in [-0.15, -0.1) is 0 Å². The Morgan fingerprint density at radius 1 is 0.583 bits per heavy atom. The van der Waals surface area contributed by atoms with Gasteiger partial charge >= 0.3 is 0 Å². The summed E-state index contributed by atoms with van der Waals surface area (Å²) in [6, 6.07) is 40.0. The van der Waals surface area contributed by atoms with E-state index in [9.17, 15) is 0 Å². The van der Waals surface area contributed by atoms with Crippen LogP contribution in [0.5, 0.6) is 0 Å². The first kappa shape index (κ1) is 21.0. The van der Waals surface area contributed by atoms with Crippen LogP contribution in [-0.2, 0) is 6.42 Å². The molecule has 5 aromatic carbocycles. The van der Waals surface area contributed by atoms with Crippen molar-refractivity contribution in [1.29, 1.82) is 0 Å². The molecule has 0 aliphatic rings. The van der Waals surface area contributed by atoms with Crippen molar-refractivity contribution in [2.45, 2.75) is 20.3 Å². The van der Waals surface area contributed by atoms with Crippen molar-refractivity contribution in [3.8, 4) is 16.8 Å². The molecular formula is C34H28N2. The predicted octanol–water partition coefficient (Wildman–Crippen LogP) is 9.28. The summed E-state index contributed by atoms with van der Waals surface area (Å²) in [7, 11) is 0. The molecule has 7 rings (SSSR count). The number of hydrogen-bond acceptors (Lipinski definition) is 0. The van der Waals surface area contributed by atoms with Gasteiger partial charge in [0.15, 0.2) is 0 Å². The summed E-state index contributed by atoms with van der Waals surface area (Å²) in [6.45, 7) is 4.58. The monoisotopic (exact) mass is 464 g/mol. The highest BCUT2D eigenvalue weighted by Crippen LogP contribution is 2.37. The predicted molar refractivity (Wildman–Crippen MR) is 154 cm³/mol. The molecule has 2 nitrogen and oxygen atoms in total. The molecule has 0 aliphatic heterocycles. The van der Waals surface area contributed by atoms with E-state index in [0.29, 0.717) is 5.92 Å². The topological polar surface area (TPSA) is 20.7 Å². The summed E-state index contributed by atoms with van der Waals surface area (Å²) in [5.74, 6) is 0.628. The van der Waals surface area contributed by atoms with Gasteiger partial charge in [-0.3, -0.25) is 0 Å². The average Bonchev–Trinajstić information content (AvgIpc) is 3.43. The van der Waals surface area contributed by atoms with Crippen molar-refractivity contribution >= 4 is 43.6 Å². The first-order valence-corrected chi connectivity index (χ1v) is 12.8. The summed E-state index contributed by atoms with van der Waals surface area (Å²) in [6.07, 6.45) is 1.09. The van der Waals surface area contributed by atoms with Gasteiger partial charge < -0.3 is 9.55 Å². The SMILES string of the molecule is CC(C)Cc1ccc2c(c1)c1cc(-c3ccc4[nH]c5ccccc5c4c3)ccc1n2-c1ccccc1. The Morgan fingerprint density at radius 3 is 2.03 bits per heavy atom. The van der Waals surface area contributed by atoms with Gasteiger partial charge in [0.1, 0.15) is 0 Å². The van der Waals surface area contributed by atoms with Gasteiger partial charge in [0.05, 0.1) is 11.0 Å². The molecule has 0 saturated heterocycles. The summed E-state index contributed by atoms with van der Waals surface area (Å²) >= 11 is 0. The zero-order valence-electron chi connectivity index (χ0n) is 20.6. The van der Waals surface area contributed by atoms with Gasteiger partial charge in [-0.05, 0) is 83.6 Å². The molecule has 2 heterocycles. The molecule has 0 amide bonds. The first-order chi connectivity index (χ1) is 17.7. The fourth-order valence-electron chi connectivity index (χ4n) is 5.73. The van der Waals surface area contributed by atoms with E-state index in [2.05, 4.69) is 133 Å². The smallest absolute Gasteiger partial charge is 0.0541 e. The van der Waals surface area contributed by atoms with Crippen molar-refractivity contribution in [3.63, 3.8) is 0 Å². The maximum Gasteiger partial charge on any atom is 0.0541 e. The Morgan fingerprint density at radius 2 is 1.22 bits per heavy atom. The Labute approximate surface area is 210 Å². The Hall–Kier alpha value is -4.30. The molecule has 0 unspecified atom stereocenters. The lowest BCUT2D eigenvalue weighted by molar-refractivity contribution is 0.648. The molecule has 0 saturated carbocycles. The Bertz CT molecular complexity index is 1880. The second-order valence-corrected chi connectivity index (χ2v) is 10.3. The third-order valence-corrected chi connectivity index (χ3v) is 7.33. The fourth-order valence-corrected chi connectivity index (χ4v) is 5.73. The highest BCUT2D eigenvalue weighted by atomic mass is 15.0. The maximum atomic E-state index is 3.55. The lowest BCUT2D eigenvalue weighted by Gasteiger charge is -2.09. The summed E-state index contributed by atoms with van der Waals surface area (Å²) in [5.41, 5.74) is 9.95. The molecule has 0 radical (unpaired) electrons. The minimum absolute atomic E-state index is 0.628. The zero-order valence-corrected chi connectivity index (χ0v) is 20.6. The number of nitrogens with one attached hydrogen (secondary N) is 1. The minimum Gasteiger partial charge on any atom is -0.355 e. The fraction of sp³-hybridized carbons (Fsp3) is 0.118. The van der Waals surface area contributed by atoms with Crippen molar-refractivity contribution < 1.29 is 0 Å². The van der Waals surface area contributed by atoms with E-state index >= 15 is 0 Å². The van der Waals surface area contributed by atoms with Crippen LogP contribution in [0.15, 0.2) is 109 Å². The van der Waals surface area contributed by atoms with E-state index in [1.165, 1.54) is 66.0 Å². The highest BCUT2D eigenvalue weighted by Gasteiger charge is 2.15. The van der Waals surface area contributed by atoms with Crippen LogP contribution >= 0.6 is 0 Å². The number of benzene rings is 5. The lowest BCUT2D eigenvalue weighted by atomic mass is 9.98. The van der Waals surface area contributed by atoms with Crippen LogP contribution in [0.3, 0.4) is 0 Å². The van der Waals surface area contributed by atoms with Crippen molar-refractivity contribution in [1.82, 2.24) is 9.55 Å². The molecule has 7 aromatic rings. The number of aromatic amines is 1. The van der Waals surface area contributed by atoms with Gasteiger partial charge in [0.25, 0.3) is 0 Å². The molecule has 0 aliphatic carbocycles. The van der Waals surface area contributed by atoms with E-state index in [1.54, 1.807) is 0 Å². The highest BCUT2D eigenvalue weighted by molar-refractivity contribution is 6.12. The van der Waals surface area contributed by atoms with E-state index in [-0.39, 0.29) is 0 Å². The van der Waals surface area contributed by atoms with Crippen LogP contribution in [0, 0.1) is 5.92 Å². The molecule has 2 heteroatoms. The van der Waals surface area contributed by atoms with Gasteiger partial charge in [0.2, 0.25) is 0 Å². The number of nitrogens with zero attached hydrogens (tertiary/aromatic N) is 1. The zero-order chi connectivity index (χ0) is 24.2. The molecule has 0 atom stereocenters. The van der Waals surface area contributed by atoms with E-state index in [0.717, 1.165) is 6.42 Å². The van der Waals surface area contributed by atoms with Crippen LogP contribution in [0.25, 0.3) is 60.4 Å². The minimum atomic E-state index is 0.628. The number of hydrogen-bond donors (Lipinski definition) is 1. The van der Waals surface area contributed by atoms with Crippen molar-refractivity contribution in [2.24, 2.45) is 5.92 Å². The molecule has 2 aromatic heterocycles. The number of H-pyrrole nitrogens is 1. The third kappa shape index (κ3) is 3.33. The van der Waals surface area contributed by atoms with E-state index in [4.69, 9.17) is 0 Å². The quantitative estimate of drug-likeness (QED) is 0.268. The average molecular weight is 465 g/mol. The van der Waals surface area contributed by atoms with Gasteiger partial charge in [-0.25, -0.2) is 0 Å². The normalized spacial score (nSPS) is 12.0. The Kier molecular flexibility index (Phi) is 4.75. The number of fused-ring (bicyclic) bond motifs is 6. The number of para-hydroxylation sites is 2. The molecular weight excluding hydrogens is 436 g/mol. The van der Waals surface area contributed by atoms with Crippen LogP contribution < -0.4 is 0 Å². The van der Waals surface area contributed by atoms with Crippen LogP contribution in [0.4, 0.5) is 0 Å². The molecule has 0 spiro atoms. The number of aromatic nitrogens is 2. The molecule has 174 valence electrons. The summed E-state index contributed by atoms with van der Waals surface area (Å²) in [4.78, 5) is 3.55. The maximum absolute atomic E-state index is 3.55. The summed E-state index contributed by atoms with van der Waals surface area (Å²) < 4.78 is 2.40.